The summed E-state index contributed by atoms with van der Waals surface area (Å²) in [5.74, 6) is 0.520. The van der Waals surface area contributed by atoms with Crippen molar-refractivity contribution in [3.8, 4) is 0 Å². The molecule has 20 heavy (non-hydrogen) atoms. The topological polar surface area (TPSA) is 25.8 Å². The van der Waals surface area contributed by atoms with Crippen molar-refractivity contribution >= 4 is 23.4 Å². The quantitative estimate of drug-likeness (QED) is 0.464. The third-order valence-electron chi connectivity index (χ3n) is 2.43. The number of aromatic nitrogens is 2. The van der Waals surface area contributed by atoms with Crippen LogP contribution < -0.4 is 0 Å². The lowest BCUT2D eigenvalue weighted by molar-refractivity contribution is -0.141. The first-order chi connectivity index (χ1) is 9.34. The Morgan fingerprint density at radius 3 is 2.60 bits per heavy atom. The second-order valence-corrected chi connectivity index (χ2v) is 5.47. The number of hydrogen-bond donors (Lipinski definition) is 0. The van der Waals surface area contributed by atoms with Gasteiger partial charge in [-0.2, -0.15) is 13.2 Å². The first-order valence-electron chi connectivity index (χ1n) is 5.65. The van der Waals surface area contributed by atoms with Gasteiger partial charge in [-0.15, -0.1) is 11.8 Å². The van der Waals surface area contributed by atoms with Gasteiger partial charge in [0.05, 0.1) is 0 Å². The summed E-state index contributed by atoms with van der Waals surface area (Å²) in [5, 5.41) is -0.189. The molecule has 0 unspecified atom stereocenters. The second kappa shape index (κ2) is 6.01. The first-order valence-corrected chi connectivity index (χ1v) is 7.01. The normalized spacial score (nSPS) is 11.7. The lowest BCUT2D eigenvalue weighted by Crippen LogP contribution is -2.09. The Balaban J connectivity index is 2.16. The van der Waals surface area contributed by atoms with Gasteiger partial charge in [0.15, 0.2) is 5.69 Å². The maximum absolute atomic E-state index is 12.6. The zero-order valence-corrected chi connectivity index (χ0v) is 12.0. The zero-order chi connectivity index (χ0) is 14.8. The molecule has 1 aromatic heterocycles. The molecule has 7 heteroatoms. The monoisotopic (exact) mass is 318 g/mol. The zero-order valence-electron chi connectivity index (χ0n) is 10.4. The standard InChI is InChI=1S/C13H10ClF3N2S/c1-8-3-2-4-9(5-8)7-20-11-6-10(13(15,16)17)18-12(14)19-11/h2-6H,7H2,1H3. The predicted octanol–water partition coefficient (Wildman–Crippen LogP) is 4.75. The van der Waals surface area contributed by atoms with E-state index in [2.05, 4.69) is 9.97 Å². The molecule has 2 rings (SSSR count). The predicted molar refractivity (Wildman–Crippen MR) is 72.8 cm³/mol. The molecule has 0 saturated carbocycles. The first kappa shape index (κ1) is 15.1. The average Bonchev–Trinajstić information content (AvgIpc) is 2.35. The van der Waals surface area contributed by atoms with Crippen molar-refractivity contribution in [3.63, 3.8) is 0 Å². The Morgan fingerprint density at radius 1 is 1.20 bits per heavy atom. The molecule has 0 N–H and O–H groups in total. The molecule has 0 bridgehead atoms. The molecule has 0 saturated heterocycles. The van der Waals surface area contributed by atoms with Crippen LogP contribution in [0.15, 0.2) is 35.4 Å². The highest BCUT2D eigenvalue weighted by Gasteiger charge is 2.33. The summed E-state index contributed by atoms with van der Waals surface area (Å²) in [4.78, 5) is 6.99. The SMILES string of the molecule is Cc1cccc(CSc2cc(C(F)(F)F)nc(Cl)n2)c1. The molecule has 1 heterocycles. The Morgan fingerprint density at radius 2 is 1.95 bits per heavy atom. The number of hydrogen-bond acceptors (Lipinski definition) is 3. The van der Waals surface area contributed by atoms with Crippen LogP contribution in [0.5, 0.6) is 0 Å². The van der Waals surface area contributed by atoms with Crippen molar-refractivity contribution in [3.05, 3.63) is 52.4 Å². The number of aryl methyl sites for hydroxylation is 1. The summed E-state index contributed by atoms with van der Waals surface area (Å²) in [6.07, 6.45) is -4.52. The van der Waals surface area contributed by atoms with Gasteiger partial charge in [0, 0.05) is 11.8 Å². The Bertz CT molecular complexity index is 617. The molecule has 0 fully saturated rings. The van der Waals surface area contributed by atoms with Gasteiger partial charge in [0.25, 0.3) is 0 Å². The van der Waals surface area contributed by atoms with Gasteiger partial charge in [-0.05, 0) is 24.1 Å². The molecule has 2 aromatic rings. The summed E-state index contributed by atoms with van der Waals surface area (Å²) in [7, 11) is 0. The fourth-order valence-corrected chi connectivity index (χ4v) is 2.65. The minimum Gasteiger partial charge on any atom is -0.213 e. The van der Waals surface area contributed by atoms with E-state index in [1.165, 1.54) is 11.8 Å². The summed E-state index contributed by atoms with van der Waals surface area (Å²) in [6.45, 7) is 1.96. The Hall–Kier alpha value is -1.27. The highest BCUT2D eigenvalue weighted by Crippen LogP contribution is 2.31. The van der Waals surface area contributed by atoms with Crippen molar-refractivity contribution in [2.45, 2.75) is 23.9 Å². The Kier molecular flexibility index (Phi) is 4.55. The molecular formula is C13H10ClF3N2S. The van der Waals surface area contributed by atoms with Gasteiger partial charge in [-0.1, -0.05) is 29.8 Å². The number of halogens is 4. The molecule has 106 valence electrons. The van der Waals surface area contributed by atoms with Crippen LogP contribution in [0.1, 0.15) is 16.8 Å². The lowest BCUT2D eigenvalue weighted by Gasteiger charge is -2.08. The average molecular weight is 319 g/mol. The molecule has 1 aromatic carbocycles. The van der Waals surface area contributed by atoms with Crippen LogP contribution in [0.2, 0.25) is 5.28 Å². The summed E-state index contributed by atoms with van der Waals surface area (Å²) in [6, 6.07) is 8.65. The number of rotatable bonds is 3. The van der Waals surface area contributed by atoms with Crippen LogP contribution in [0.3, 0.4) is 0 Å². The molecule has 0 radical (unpaired) electrons. The van der Waals surface area contributed by atoms with Gasteiger partial charge in [0.2, 0.25) is 5.28 Å². The fourth-order valence-electron chi connectivity index (χ4n) is 1.58. The molecule has 0 aliphatic rings. The van der Waals surface area contributed by atoms with Crippen LogP contribution in [-0.2, 0) is 11.9 Å². The number of alkyl halides is 3. The molecule has 0 atom stereocenters. The van der Waals surface area contributed by atoms with Crippen LogP contribution in [0.25, 0.3) is 0 Å². The molecule has 0 spiro atoms. The minimum atomic E-state index is -4.52. The van der Waals surface area contributed by atoms with E-state index in [-0.39, 0.29) is 5.03 Å². The maximum Gasteiger partial charge on any atom is 0.433 e. The highest BCUT2D eigenvalue weighted by atomic mass is 35.5. The molecular weight excluding hydrogens is 309 g/mol. The van der Waals surface area contributed by atoms with Crippen LogP contribution >= 0.6 is 23.4 Å². The van der Waals surface area contributed by atoms with E-state index in [4.69, 9.17) is 11.6 Å². The van der Waals surface area contributed by atoms with Crippen molar-refractivity contribution in [1.29, 1.82) is 0 Å². The van der Waals surface area contributed by atoms with Gasteiger partial charge in [0.1, 0.15) is 5.03 Å². The third kappa shape index (κ3) is 4.11. The summed E-state index contributed by atoms with van der Waals surface area (Å²) >= 11 is 6.72. The van der Waals surface area contributed by atoms with Crippen molar-refractivity contribution < 1.29 is 13.2 Å². The van der Waals surface area contributed by atoms with E-state index in [0.29, 0.717) is 5.75 Å². The summed E-state index contributed by atoms with van der Waals surface area (Å²) in [5.41, 5.74) is 1.09. The molecule has 0 aliphatic carbocycles. The van der Waals surface area contributed by atoms with E-state index in [0.717, 1.165) is 17.2 Å². The van der Waals surface area contributed by atoms with Crippen molar-refractivity contribution in [1.82, 2.24) is 9.97 Å². The highest BCUT2D eigenvalue weighted by molar-refractivity contribution is 7.98. The smallest absolute Gasteiger partial charge is 0.213 e. The van der Waals surface area contributed by atoms with E-state index < -0.39 is 17.2 Å². The number of nitrogens with zero attached hydrogens (tertiary/aromatic N) is 2. The molecule has 0 amide bonds. The van der Waals surface area contributed by atoms with E-state index in [1.807, 2.05) is 31.2 Å². The molecule has 0 aliphatic heterocycles. The Labute approximate surface area is 123 Å². The van der Waals surface area contributed by atoms with Crippen molar-refractivity contribution in [2.75, 3.05) is 0 Å². The third-order valence-corrected chi connectivity index (χ3v) is 3.59. The van der Waals surface area contributed by atoms with Gasteiger partial charge < -0.3 is 0 Å². The van der Waals surface area contributed by atoms with E-state index in [1.54, 1.807) is 0 Å². The fraction of sp³-hybridized carbons (Fsp3) is 0.231. The second-order valence-electron chi connectivity index (χ2n) is 4.14. The van der Waals surface area contributed by atoms with E-state index >= 15 is 0 Å². The van der Waals surface area contributed by atoms with Crippen LogP contribution in [0.4, 0.5) is 13.2 Å². The van der Waals surface area contributed by atoms with Gasteiger partial charge in [-0.25, -0.2) is 9.97 Å². The maximum atomic E-state index is 12.6. The lowest BCUT2D eigenvalue weighted by atomic mass is 10.2. The number of benzene rings is 1. The van der Waals surface area contributed by atoms with E-state index in [9.17, 15) is 13.2 Å². The molecule has 2 nitrogen and oxygen atoms in total. The number of thioether (sulfide) groups is 1. The minimum absolute atomic E-state index is 0.207. The van der Waals surface area contributed by atoms with Gasteiger partial charge >= 0.3 is 6.18 Å². The summed E-state index contributed by atoms with van der Waals surface area (Å²) < 4.78 is 37.8. The van der Waals surface area contributed by atoms with Crippen molar-refractivity contribution in [2.24, 2.45) is 0 Å². The van der Waals surface area contributed by atoms with Crippen LogP contribution in [0, 0.1) is 6.92 Å². The van der Waals surface area contributed by atoms with Gasteiger partial charge in [-0.3, -0.25) is 0 Å². The van der Waals surface area contributed by atoms with Crippen LogP contribution in [-0.4, -0.2) is 9.97 Å². The largest absolute Gasteiger partial charge is 0.433 e.